The number of imidazole rings is 1. The Morgan fingerprint density at radius 2 is 1.41 bits per heavy atom. The van der Waals surface area contributed by atoms with E-state index in [1.165, 1.54) is 79.9 Å². The highest BCUT2D eigenvalue weighted by Gasteiger charge is 2.26. The Bertz CT molecular complexity index is 2750. The predicted octanol–water partition coefficient (Wildman–Crippen LogP) is 9.51. The second-order valence-corrected chi connectivity index (χ2v) is 14.8. The molecule has 0 saturated carbocycles. The fourth-order valence-corrected chi connectivity index (χ4v) is 8.93. The van der Waals surface area contributed by atoms with Crippen LogP contribution in [0.5, 0.6) is 0 Å². The first kappa shape index (κ1) is 30.2. The zero-order chi connectivity index (χ0) is 34.2. The Morgan fingerprint density at radius 3 is 2.12 bits per heavy atom. The summed E-state index contributed by atoms with van der Waals surface area (Å²) in [5.41, 5.74) is 18.5. The summed E-state index contributed by atoms with van der Waals surface area (Å²) in [6.07, 6.45) is 19.6. The highest BCUT2D eigenvalue weighted by Crippen LogP contribution is 2.41. The number of nitrogens with zero attached hydrogens (tertiary/aromatic N) is 6. The number of H-pyrrole nitrogens is 2. The van der Waals surface area contributed by atoms with Gasteiger partial charge in [-0.1, -0.05) is 25.1 Å². The molecule has 252 valence electrons. The number of nitrogens with one attached hydrogen (secondary N) is 2. The molecule has 3 aromatic carbocycles. The summed E-state index contributed by atoms with van der Waals surface area (Å²) in [5, 5.41) is 19.7. The van der Waals surface area contributed by atoms with Crippen LogP contribution < -0.4 is 0 Å². The summed E-state index contributed by atoms with van der Waals surface area (Å²) in [7, 11) is 2.03. The molecule has 0 bridgehead atoms. The van der Waals surface area contributed by atoms with Gasteiger partial charge in [0.2, 0.25) is 0 Å². The minimum Gasteiger partial charge on any atom is -0.334 e. The maximum absolute atomic E-state index is 5.13. The molecule has 3 aliphatic carbocycles. The lowest BCUT2D eigenvalue weighted by atomic mass is 9.80. The maximum Gasteiger partial charge on any atom is 0.0955 e. The third-order valence-electron chi connectivity index (χ3n) is 11.5. The van der Waals surface area contributed by atoms with E-state index in [0.717, 1.165) is 82.4 Å². The SMILES string of the molecule is CC1=CCC=C1c1nc2ccc3[nH]ncc3c2c2c1CC(C)CC2.Cn1cnc2cc(-c3nc4ccc5[nH]ncc5c4c4c3CCCC4)ccc21. The van der Waals surface area contributed by atoms with Gasteiger partial charge in [0.05, 0.1) is 63.2 Å². The van der Waals surface area contributed by atoms with Gasteiger partial charge in [0, 0.05) is 34.2 Å². The van der Waals surface area contributed by atoms with Gasteiger partial charge in [-0.15, -0.1) is 0 Å². The number of pyridine rings is 2. The van der Waals surface area contributed by atoms with Crippen molar-refractivity contribution in [2.75, 3.05) is 0 Å². The van der Waals surface area contributed by atoms with Crippen LogP contribution >= 0.6 is 0 Å². The first-order valence-electron chi connectivity index (χ1n) is 18.4. The molecule has 5 heterocycles. The van der Waals surface area contributed by atoms with Crippen molar-refractivity contribution in [2.45, 2.75) is 65.2 Å². The maximum atomic E-state index is 5.13. The average molecular weight is 669 g/mol. The lowest BCUT2D eigenvalue weighted by Crippen LogP contribution is -2.15. The minimum absolute atomic E-state index is 0.727. The van der Waals surface area contributed by atoms with E-state index >= 15 is 0 Å². The molecule has 0 aliphatic heterocycles. The molecule has 8 nitrogen and oxygen atoms in total. The number of benzene rings is 3. The summed E-state index contributed by atoms with van der Waals surface area (Å²) in [4.78, 5) is 14.8. The first-order valence-corrected chi connectivity index (χ1v) is 18.4. The zero-order valence-corrected chi connectivity index (χ0v) is 29.3. The molecular formula is C43H40N8. The molecule has 51 heavy (non-hydrogen) atoms. The summed E-state index contributed by atoms with van der Waals surface area (Å²) in [5.74, 6) is 0.727. The van der Waals surface area contributed by atoms with Crippen molar-refractivity contribution in [3.05, 3.63) is 107 Å². The van der Waals surface area contributed by atoms with Gasteiger partial charge in [-0.25, -0.2) is 15.0 Å². The standard InChI is InChI=1S/C22H19N5.C21H21N3/c1-27-12-23-19-10-13(6-9-20(19)27)22-15-5-3-2-4-14(15)21-16-11-24-26-17(16)7-8-18(21)25-22;1-12-6-7-15-16(10-12)21(14-5-3-4-13(14)2)23-19-9-8-18-17(20(15)19)11-22-24-18/h6-12H,2-5H2,1H3,(H,24,26);4-5,8-9,11-12H,3,6-7,10H2,1-2H3,(H,22,24). The third kappa shape index (κ3) is 4.83. The van der Waals surface area contributed by atoms with Gasteiger partial charge in [0.25, 0.3) is 0 Å². The molecule has 1 unspecified atom stereocenters. The van der Waals surface area contributed by atoms with Gasteiger partial charge in [-0.05, 0) is 134 Å². The van der Waals surface area contributed by atoms with Crippen molar-refractivity contribution in [1.82, 2.24) is 39.9 Å². The molecule has 0 amide bonds. The highest BCUT2D eigenvalue weighted by atomic mass is 15.1. The Hall–Kier alpha value is -5.63. The van der Waals surface area contributed by atoms with Crippen LogP contribution in [0.15, 0.2) is 78.9 Å². The number of aromatic amines is 2. The smallest absolute Gasteiger partial charge is 0.0955 e. The molecule has 0 saturated heterocycles. The van der Waals surface area contributed by atoms with Gasteiger partial charge in [-0.3, -0.25) is 10.2 Å². The Labute approximate surface area is 295 Å². The third-order valence-corrected chi connectivity index (χ3v) is 11.5. The largest absolute Gasteiger partial charge is 0.334 e. The molecule has 8 heteroatoms. The van der Waals surface area contributed by atoms with Crippen LogP contribution in [0.3, 0.4) is 0 Å². The van der Waals surface area contributed by atoms with Crippen LogP contribution in [-0.4, -0.2) is 39.9 Å². The average Bonchev–Trinajstić information content (AvgIpc) is 3.98. The van der Waals surface area contributed by atoms with Gasteiger partial charge >= 0.3 is 0 Å². The lowest BCUT2D eigenvalue weighted by molar-refractivity contribution is 0.501. The fourth-order valence-electron chi connectivity index (χ4n) is 8.93. The number of hydrogen-bond acceptors (Lipinski definition) is 5. The molecule has 3 aliphatic rings. The zero-order valence-electron chi connectivity index (χ0n) is 29.3. The number of rotatable bonds is 2. The molecule has 0 radical (unpaired) electrons. The van der Waals surface area contributed by atoms with Crippen LogP contribution in [0, 0.1) is 5.92 Å². The summed E-state index contributed by atoms with van der Waals surface area (Å²) >= 11 is 0. The topological polar surface area (TPSA) is 101 Å². The lowest BCUT2D eigenvalue weighted by Gasteiger charge is -2.26. The van der Waals surface area contributed by atoms with E-state index in [0.29, 0.717) is 0 Å². The molecule has 8 aromatic rings. The highest BCUT2D eigenvalue weighted by molar-refractivity contribution is 6.09. The second-order valence-electron chi connectivity index (χ2n) is 14.8. The quantitative estimate of drug-likeness (QED) is 0.191. The normalized spacial score (nSPS) is 17.1. The van der Waals surface area contributed by atoms with E-state index in [1.807, 2.05) is 25.8 Å². The summed E-state index contributed by atoms with van der Waals surface area (Å²) in [6, 6.07) is 15.0. The number of hydrogen-bond donors (Lipinski definition) is 2. The van der Waals surface area contributed by atoms with Gasteiger partial charge < -0.3 is 4.57 Å². The monoisotopic (exact) mass is 668 g/mol. The van der Waals surface area contributed by atoms with Crippen molar-refractivity contribution in [3.8, 4) is 11.3 Å². The van der Waals surface area contributed by atoms with E-state index in [-0.39, 0.29) is 0 Å². The Kier molecular flexibility index (Phi) is 6.95. The number of allylic oxidation sites excluding steroid dienone is 4. The van der Waals surface area contributed by atoms with Gasteiger partial charge in [-0.2, -0.15) is 10.2 Å². The molecule has 5 aromatic heterocycles. The number of fused-ring (bicyclic) bond motifs is 11. The Balaban J connectivity index is 0.000000129. The van der Waals surface area contributed by atoms with E-state index in [4.69, 9.17) is 9.97 Å². The molecule has 0 fully saturated rings. The minimum atomic E-state index is 0.727. The van der Waals surface area contributed by atoms with Crippen LogP contribution in [0.25, 0.3) is 71.5 Å². The van der Waals surface area contributed by atoms with Crippen LogP contribution in [0.1, 0.15) is 67.5 Å². The van der Waals surface area contributed by atoms with E-state index in [2.05, 4.69) is 98.4 Å². The van der Waals surface area contributed by atoms with Crippen molar-refractivity contribution in [3.63, 3.8) is 0 Å². The van der Waals surface area contributed by atoms with Crippen molar-refractivity contribution in [1.29, 1.82) is 0 Å². The number of aromatic nitrogens is 8. The van der Waals surface area contributed by atoms with Gasteiger partial charge in [0.15, 0.2) is 0 Å². The van der Waals surface area contributed by atoms with Crippen molar-refractivity contribution >= 4 is 60.2 Å². The second kappa shape index (κ2) is 11.7. The van der Waals surface area contributed by atoms with Crippen LogP contribution in [0.2, 0.25) is 0 Å². The fraction of sp³-hybridized carbons (Fsp3) is 0.279. The number of aryl methyl sites for hydroxylation is 3. The van der Waals surface area contributed by atoms with Crippen LogP contribution in [-0.2, 0) is 32.7 Å². The van der Waals surface area contributed by atoms with Crippen molar-refractivity contribution < 1.29 is 0 Å². The molecular weight excluding hydrogens is 629 g/mol. The predicted molar refractivity (Wildman–Crippen MR) is 207 cm³/mol. The summed E-state index contributed by atoms with van der Waals surface area (Å²) < 4.78 is 2.05. The molecule has 2 N–H and O–H groups in total. The van der Waals surface area contributed by atoms with E-state index in [1.54, 1.807) is 0 Å². The van der Waals surface area contributed by atoms with Crippen molar-refractivity contribution in [2.24, 2.45) is 13.0 Å². The summed E-state index contributed by atoms with van der Waals surface area (Å²) in [6.45, 7) is 4.57. The van der Waals surface area contributed by atoms with Gasteiger partial charge in [0.1, 0.15) is 0 Å². The van der Waals surface area contributed by atoms with E-state index in [9.17, 15) is 0 Å². The first-order chi connectivity index (χ1) is 25.0. The Morgan fingerprint density at radius 1 is 0.725 bits per heavy atom. The van der Waals surface area contributed by atoms with Crippen LogP contribution in [0.4, 0.5) is 0 Å². The molecule has 11 rings (SSSR count). The van der Waals surface area contributed by atoms with E-state index < -0.39 is 0 Å². The molecule has 0 spiro atoms. The molecule has 1 atom stereocenters.